The lowest BCUT2D eigenvalue weighted by atomic mass is 9.98. The number of aliphatic hydroxyl groups excluding tert-OH is 1. The summed E-state index contributed by atoms with van der Waals surface area (Å²) in [5.74, 6) is 0.427. The number of aryl methyl sites for hydroxylation is 3. The van der Waals surface area contributed by atoms with Gasteiger partial charge in [0.1, 0.15) is 17.7 Å². The number of carbonyl (C=O) groups is 1. The fourth-order valence-electron chi connectivity index (χ4n) is 4.34. The monoisotopic (exact) mass is 461 g/mol. The molecule has 2 N–H and O–H groups in total. The van der Waals surface area contributed by atoms with Gasteiger partial charge in [-0.25, -0.2) is 0 Å². The smallest absolute Gasteiger partial charge is 0.257 e. The van der Waals surface area contributed by atoms with E-state index in [1.54, 1.807) is 12.1 Å². The number of benzene rings is 2. The summed E-state index contributed by atoms with van der Waals surface area (Å²) in [5, 5.41) is 18.8. The molecule has 0 bridgehead atoms. The number of para-hydroxylation sites is 1. The number of nitrogens with one attached hydrogen (secondary N) is 1. The Balaban J connectivity index is 1.63. The Morgan fingerprint density at radius 3 is 2.71 bits per heavy atom. The molecule has 2 aromatic heterocycles. The molecule has 2 heterocycles. The quantitative estimate of drug-likeness (QED) is 0.357. The van der Waals surface area contributed by atoms with Gasteiger partial charge in [0.25, 0.3) is 5.91 Å². The average Bonchev–Trinajstić information content (AvgIpc) is 3.35. The van der Waals surface area contributed by atoms with Crippen LogP contribution < -0.4 is 10.1 Å². The number of rotatable bonds is 8. The van der Waals surface area contributed by atoms with Gasteiger partial charge in [0.05, 0.1) is 17.9 Å². The molecule has 1 amide bonds. The first kappa shape index (κ1) is 23.6. The summed E-state index contributed by atoms with van der Waals surface area (Å²) in [6.45, 7) is 8.10. The second-order valence-electron chi connectivity index (χ2n) is 8.68. The first-order chi connectivity index (χ1) is 16.3. The SMILES string of the molecule is CCCOc1ccc(-c2c(C)noc2C)cc1C(=O)N[C@H](O)C(C)c1cn(C)c2ccccc12. The Bertz CT molecular complexity index is 1300. The van der Waals surface area contributed by atoms with Crippen molar-refractivity contribution in [3.8, 4) is 16.9 Å². The Labute approximate surface area is 199 Å². The van der Waals surface area contributed by atoms with Gasteiger partial charge in [0.2, 0.25) is 0 Å². The minimum atomic E-state index is -1.08. The fraction of sp³-hybridized carbons (Fsp3) is 0.333. The van der Waals surface area contributed by atoms with E-state index in [4.69, 9.17) is 9.26 Å². The van der Waals surface area contributed by atoms with Crippen molar-refractivity contribution in [3.63, 3.8) is 0 Å². The fourth-order valence-corrected chi connectivity index (χ4v) is 4.34. The van der Waals surface area contributed by atoms with Crippen molar-refractivity contribution >= 4 is 16.8 Å². The van der Waals surface area contributed by atoms with Crippen LogP contribution in [0, 0.1) is 13.8 Å². The lowest BCUT2D eigenvalue weighted by Gasteiger charge is -2.21. The van der Waals surface area contributed by atoms with E-state index in [2.05, 4.69) is 10.5 Å². The van der Waals surface area contributed by atoms with Crippen LogP contribution in [0.25, 0.3) is 22.0 Å². The van der Waals surface area contributed by atoms with Crippen LogP contribution >= 0.6 is 0 Å². The van der Waals surface area contributed by atoms with Gasteiger partial charge in [0.15, 0.2) is 0 Å². The van der Waals surface area contributed by atoms with Crippen molar-refractivity contribution in [2.75, 3.05) is 6.61 Å². The van der Waals surface area contributed by atoms with Gasteiger partial charge in [0, 0.05) is 35.6 Å². The van der Waals surface area contributed by atoms with Crippen molar-refractivity contribution in [3.05, 3.63) is 71.2 Å². The zero-order valence-corrected chi connectivity index (χ0v) is 20.3. The summed E-state index contributed by atoms with van der Waals surface area (Å²) in [4.78, 5) is 13.3. The third-order valence-electron chi connectivity index (χ3n) is 6.18. The van der Waals surface area contributed by atoms with Gasteiger partial charge in [-0.05, 0) is 49.6 Å². The van der Waals surface area contributed by atoms with Crippen molar-refractivity contribution in [2.45, 2.75) is 46.3 Å². The maximum absolute atomic E-state index is 13.3. The van der Waals surface area contributed by atoms with Crippen LogP contribution in [0.15, 0.2) is 53.2 Å². The molecule has 7 nitrogen and oxygen atoms in total. The van der Waals surface area contributed by atoms with Crippen LogP contribution in [0.4, 0.5) is 0 Å². The molecule has 4 aromatic rings. The summed E-state index contributed by atoms with van der Waals surface area (Å²) >= 11 is 0. The topological polar surface area (TPSA) is 89.5 Å². The number of amides is 1. The summed E-state index contributed by atoms with van der Waals surface area (Å²) in [6.07, 6.45) is 1.73. The standard InChI is InChI=1S/C27H31N3O4/c1-6-13-33-24-12-11-19(25-17(3)29-34-18(25)4)14-21(24)27(32)28-26(31)16(2)22-15-30(5)23-10-8-7-9-20(22)23/h7-12,14-16,26,31H,6,13H2,1-5H3,(H,28,32)/t16?,26-/m1/s1. The maximum atomic E-state index is 13.3. The molecule has 7 heteroatoms. The summed E-state index contributed by atoms with van der Waals surface area (Å²) < 4.78 is 13.2. The lowest BCUT2D eigenvalue weighted by Crippen LogP contribution is -2.38. The molecule has 178 valence electrons. The molecule has 0 saturated heterocycles. The number of aliphatic hydroxyl groups is 1. The summed E-state index contributed by atoms with van der Waals surface area (Å²) in [5.41, 5.74) is 4.80. The van der Waals surface area contributed by atoms with Gasteiger partial charge in [-0.3, -0.25) is 4.79 Å². The Morgan fingerprint density at radius 2 is 2.00 bits per heavy atom. The van der Waals surface area contributed by atoms with Crippen LogP contribution in [-0.4, -0.2) is 33.6 Å². The second kappa shape index (κ2) is 9.73. The van der Waals surface area contributed by atoms with Crippen LogP contribution in [0.2, 0.25) is 0 Å². The van der Waals surface area contributed by atoms with Gasteiger partial charge >= 0.3 is 0 Å². The molecule has 0 aliphatic carbocycles. The van der Waals surface area contributed by atoms with E-state index in [9.17, 15) is 9.90 Å². The Hall–Kier alpha value is -3.58. The van der Waals surface area contributed by atoms with E-state index in [1.807, 2.05) is 75.8 Å². The third kappa shape index (κ3) is 4.43. The number of ether oxygens (including phenoxy) is 1. The number of aromatic nitrogens is 2. The molecule has 0 aliphatic rings. The molecule has 0 aliphatic heterocycles. The van der Waals surface area contributed by atoms with Crippen molar-refractivity contribution in [2.24, 2.45) is 7.05 Å². The maximum Gasteiger partial charge on any atom is 0.257 e. The highest BCUT2D eigenvalue weighted by atomic mass is 16.5. The molecule has 0 spiro atoms. The number of carbonyl (C=O) groups excluding carboxylic acids is 1. The highest BCUT2D eigenvalue weighted by molar-refractivity contribution is 5.98. The minimum absolute atomic E-state index is 0.319. The van der Waals surface area contributed by atoms with E-state index in [1.165, 1.54) is 0 Å². The molecule has 1 unspecified atom stereocenters. The van der Waals surface area contributed by atoms with Crippen LogP contribution in [0.1, 0.15) is 53.6 Å². The summed E-state index contributed by atoms with van der Waals surface area (Å²) in [7, 11) is 1.97. The van der Waals surface area contributed by atoms with Crippen molar-refractivity contribution in [1.29, 1.82) is 0 Å². The highest BCUT2D eigenvalue weighted by Gasteiger charge is 2.25. The second-order valence-corrected chi connectivity index (χ2v) is 8.68. The summed E-state index contributed by atoms with van der Waals surface area (Å²) in [6, 6.07) is 13.5. The first-order valence-electron chi connectivity index (χ1n) is 11.5. The van der Waals surface area contributed by atoms with Crippen LogP contribution in [0.5, 0.6) is 5.75 Å². The number of hydrogen-bond donors (Lipinski definition) is 2. The number of hydrogen-bond acceptors (Lipinski definition) is 5. The molecule has 2 atom stereocenters. The molecule has 0 saturated carbocycles. The Kier molecular flexibility index (Phi) is 6.75. The predicted octanol–water partition coefficient (Wildman–Crippen LogP) is 5.09. The van der Waals surface area contributed by atoms with E-state index in [-0.39, 0.29) is 5.92 Å². The normalized spacial score (nSPS) is 13.1. The molecular weight excluding hydrogens is 430 g/mol. The van der Waals surface area contributed by atoms with Crippen molar-refractivity contribution < 1.29 is 19.2 Å². The zero-order valence-electron chi connectivity index (χ0n) is 20.3. The van der Waals surface area contributed by atoms with Crippen LogP contribution in [-0.2, 0) is 7.05 Å². The van der Waals surface area contributed by atoms with Gasteiger partial charge in [-0.1, -0.05) is 43.3 Å². The number of fused-ring (bicyclic) bond motifs is 1. The number of nitrogens with zero attached hydrogens (tertiary/aromatic N) is 2. The van der Waals surface area contributed by atoms with E-state index < -0.39 is 12.1 Å². The largest absolute Gasteiger partial charge is 0.493 e. The zero-order chi connectivity index (χ0) is 24.4. The Morgan fingerprint density at radius 1 is 1.24 bits per heavy atom. The lowest BCUT2D eigenvalue weighted by molar-refractivity contribution is 0.0724. The molecular formula is C27H31N3O4. The highest BCUT2D eigenvalue weighted by Crippen LogP contribution is 2.32. The van der Waals surface area contributed by atoms with E-state index >= 15 is 0 Å². The van der Waals surface area contributed by atoms with Crippen molar-refractivity contribution in [1.82, 2.24) is 15.0 Å². The van der Waals surface area contributed by atoms with Gasteiger partial charge in [-0.15, -0.1) is 0 Å². The van der Waals surface area contributed by atoms with E-state index in [0.29, 0.717) is 23.7 Å². The van der Waals surface area contributed by atoms with Gasteiger partial charge in [-0.2, -0.15) is 0 Å². The predicted molar refractivity (Wildman–Crippen MR) is 132 cm³/mol. The van der Waals surface area contributed by atoms with Gasteiger partial charge < -0.3 is 24.3 Å². The average molecular weight is 462 g/mol. The first-order valence-corrected chi connectivity index (χ1v) is 11.5. The third-order valence-corrected chi connectivity index (χ3v) is 6.18. The molecule has 0 fully saturated rings. The molecule has 2 aromatic carbocycles. The molecule has 0 radical (unpaired) electrons. The molecule has 4 rings (SSSR count). The van der Waals surface area contributed by atoms with E-state index in [0.717, 1.165) is 39.7 Å². The van der Waals surface area contributed by atoms with Crippen LogP contribution in [0.3, 0.4) is 0 Å². The minimum Gasteiger partial charge on any atom is -0.493 e. The molecule has 34 heavy (non-hydrogen) atoms.